The molecular weight excluding hydrogens is 368 g/mol. The second-order valence-electron chi connectivity index (χ2n) is 6.50. The molecule has 1 aliphatic rings. The summed E-state index contributed by atoms with van der Waals surface area (Å²) in [4.78, 5) is 0. The number of aliphatic hydroxyl groups is 4. The highest BCUT2D eigenvalue weighted by Gasteiger charge is 2.44. The summed E-state index contributed by atoms with van der Waals surface area (Å²) in [6.07, 6.45) is -3.52. The first-order chi connectivity index (χ1) is 13.4. The lowest BCUT2D eigenvalue weighted by atomic mass is 9.99. The summed E-state index contributed by atoms with van der Waals surface area (Å²) in [5, 5.41) is 58.2. The maximum atomic E-state index is 10.1. The predicted molar refractivity (Wildman–Crippen MR) is 99.5 cm³/mol. The number of phenols is 2. The van der Waals surface area contributed by atoms with Gasteiger partial charge in [0.15, 0.2) is 0 Å². The SMILES string of the molecule is OC[C@H]1O[C@@H](Oc2cc(O)cc(/C=C/c3ccc(O)cc3)c2)[C@H](O)[C@@H](O)[C@H]1O. The first kappa shape index (κ1) is 20.1. The highest BCUT2D eigenvalue weighted by molar-refractivity contribution is 5.71. The Labute approximate surface area is 161 Å². The van der Waals surface area contributed by atoms with E-state index >= 15 is 0 Å². The van der Waals surface area contributed by atoms with Gasteiger partial charge in [-0.05, 0) is 35.4 Å². The van der Waals surface area contributed by atoms with Crippen molar-refractivity contribution in [2.75, 3.05) is 6.61 Å². The number of hydrogen-bond donors (Lipinski definition) is 6. The van der Waals surface area contributed by atoms with Gasteiger partial charge in [-0.1, -0.05) is 24.3 Å². The van der Waals surface area contributed by atoms with Crippen LogP contribution < -0.4 is 4.74 Å². The Hall–Kier alpha value is -2.62. The van der Waals surface area contributed by atoms with Crippen LogP contribution in [0.15, 0.2) is 42.5 Å². The van der Waals surface area contributed by atoms with E-state index in [2.05, 4.69) is 0 Å². The fraction of sp³-hybridized carbons (Fsp3) is 0.300. The van der Waals surface area contributed by atoms with Crippen LogP contribution in [-0.2, 0) is 4.74 Å². The van der Waals surface area contributed by atoms with Crippen LogP contribution in [0.1, 0.15) is 11.1 Å². The highest BCUT2D eigenvalue weighted by Crippen LogP contribution is 2.28. The lowest BCUT2D eigenvalue weighted by Gasteiger charge is -2.39. The van der Waals surface area contributed by atoms with Crippen LogP contribution in [0.4, 0.5) is 0 Å². The molecule has 0 aromatic heterocycles. The third-order valence-corrected chi connectivity index (χ3v) is 4.38. The molecule has 0 saturated carbocycles. The van der Waals surface area contributed by atoms with E-state index in [1.54, 1.807) is 42.5 Å². The molecule has 0 bridgehead atoms. The molecular formula is C20H22O8. The molecule has 1 saturated heterocycles. The molecule has 8 nitrogen and oxygen atoms in total. The van der Waals surface area contributed by atoms with Crippen molar-refractivity contribution in [3.05, 3.63) is 53.6 Å². The van der Waals surface area contributed by atoms with Gasteiger partial charge in [-0.2, -0.15) is 0 Å². The van der Waals surface area contributed by atoms with E-state index in [1.807, 2.05) is 0 Å². The minimum absolute atomic E-state index is 0.0903. The molecule has 0 amide bonds. The standard InChI is InChI=1S/C20H22O8/c21-10-16-17(24)18(25)19(26)20(28-16)27-15-8-12(7-14(23)9-15)2-1-11-3-5-13(22)6-4-11/h1-9,16-26H,10H2/b2-1+/t16-,17+,18+,19-,20-/m1/s1. The molecule has 3 rings (SSSR count). The van der Waals surface area contributed by atoms with Gasteiger partial charge < -0.3 is 40.1 Å². The number of aliphatic hydroxyl groups excluding tert-OH is 4. The van der Waals surface area contributed by atoms with Crippen LogP contribution in [0.2, 0.25) is 0 Å². The largest absolute Gasteiger partial charge is 0.508 e. The maximum Gasteiger partial charge on any atom is 0.229 e. The smallest absolute Gasteiger partial charge is 0.229 e. The molecule has 1 fully saturated rings. The normalized spacial score (nSPS) is 27.8. The summed E-state index contributed by atoms with van der Waals surface area (Å²) in [6.45, 7) is -0.564. The third kappa shape index (κ3) is 4.61. The van der Waals surface area contributed by atoms with E-state index in [0.29, 0.717) is 5.56 Å². The summed E-state index contributed by atoms with van der Waals surface area (Å²) in [7, 11) is 0. The van der Waals surface area contributed by atoms with Crippen molar-refractivity contribution in [3.8, 4) is 17.2 Å². The number of hydrogen-bond acceptors (Lipinski definition) is 8. The molecule has 28 heavy (non-hydrogen) atoms. The zero-order valence-corrected chi connectivity index (χ0v) is 14.8. The Bertz CT molecular complexity index is 817. The van der Waals surface area contributed by atoms with Crippen molar-refractivity contribution in [3.63, 3.8) is 0 Å². The summed E-state index contributed by atoms with van der Waals surface area (Å²) >= 11 is 0. The summed E-state index contributed by atoms with van der Waals surface area (Å²) in [5.41, 5.74) is 1.42. The van der Waals surface area contributed by atoms with Crippen molar-refractivity contribution in [1.82, 2.24) is 0 Å². The molecule has 1 aliphatic heterocycles. The minimum atomic E-state index is -1.55. The fourth-order valence-corrected chi connectivity index (χ4v) is 2.85. The van der Waals surface area contributed by atoms with Crippen LogP contribution in [0.5, 0.6) is 17.2 Å². The van der Waals surface area contributed by atoms with E-state index in [1.165, 1.54) is 12.1 Å². The van der Waals surface area contributed by atoms with Gasteiger partial charge in [0, 0.05) is 6.07 Å². The molecule has 2 aromatic carbocycles. The summed E-state index contributed by atoms with van der Waals surface area (Å²) in [6, 6.07) is 10.9. The Morgan fingerprint density at radius 2 is 1.50 bits per heavy atom. The van der Waals surface area contributed by atoms with Gasteiger partial charge >= 0.3 is 0 Å². The Morgan fingerprint density at radius 3 is 2.18 bits per heavy atom. The predicted octanol–water partition coefficient (Wildman–Crippen LogP) is 0.447. The van der Waals surface area contributed by atoms with Gasteiger partial charge in [0.2, 0.25) is 6.29 Å². The van der Waals surface area contributed by atoms with E-state index < -0.39 is 37.3 Å². The average molecular weight is 390 g/mol. The lowest BCUT2D eigenvalue weighted by Crippen LogP contribution is -2.60. The van der Waals surface area contributed by atoms with Crippen LogP contribution in [0.25, 0.3) is 12.2 Å². The monoisotopic (exact) mass is 390 g/mol. The zero-order chi connectivity index (χ0) is 20.3. The van der Waals surface area contributed by atoms with Gasteiger partial charge in [0.25, 0.3) is 0 Å². The van der Waals surface area contributed by atoms with Gasteiger partial charge in [0.1, 0.15) is 41.7 Å². The van der Waals surface area contributed by atoms with Crippen molar-refractivity contribution in [1.29, 1.82) is 0 Å². The van der Waals surface area contributed by atoms with E-state index in [4.69, 9.17) is 9.47 Å². The van der Waals surface area contributed by atoms with Crippen LogP contribution in [-0.4, -0.2) is 68.0 Å². The zero-order valence-electron chi connectivity index (χ0n) is 14.8. The van der Waals surface area contributed by atoms with Crippen LogP contribution in [0, 0.1) is 0 Å². The Balaban J connectivity index is 1.76. The maximum absolute atomic E-state index is 10.1. The highest BCUT2D eigenvalue weighted by atomic mass is 16.7. The fourth-order valence-electron chi connectivity index (χ4n) is 2.85. The van der Waals surface area contributed by atoms with Crippen molar-refractivity contribution < 1.29 is 40.1 Å². The van der Waals surface area contributed by atoms with Gasteiger partial charge in [0.05, 0.1) is 6.61 Å². The Morgan fingerprint density at radius 1 is 0.821 bits per heavy atom. The minimum Gasteiger partial charge on any atom is -0.508 e. The third-order valence-electron chi connectivity index (χ3n) is 4.38. The molecule has 8 heteroatoms. The first-order valence-corrected chi connectivity index (χ1v) is 8.65. The van der Waals surface area contributed by atoms with Crippen LogP contribution >= 0.6 is 0 Å². The molecule has 0 aliphatic carbocycles. The van der Waals surface area contributed by atoms with Crippen molar-refractivity contribution in [2.24, 2.45) is 0 Å². The van der Waals surface area contributed by atoms with Gasteiger partial charge in [-0.15, -0.1) is 0 Å². The number of rotatable bonds is 5. The molecule has 5 atom stereocenters. The lowest BCUT2D eigenvalue weighted by molar-refractivity contribution is -0.277. The molecule has 6 N–H and O–H groups in total. The molecule has 0 spiro atoms. The topological polar surface area (TPSA) is 140 Å². The summed E-state index contributed by atoms with van der Waals surface area (Å²) in [5.74, 6) is 0.229. The molecule has 0 radical (unpaired) electrons. The number of benzene rings is 2. The molecule has 0 unspecified atom stereocenters. The average Bonchev–Trinajstić information content (AvgIpc) is 2.67. The molecule has 1 heterocycles. The number of aromatic hydroxyl groups is 2. The van der Waals surface area contributed by atoms with E-state index in [0.717, 1.165) is 5.56 Å². The van der Waals surface area contributed by atoms with E-state index in [-0.39, 0.29) is 17.2 Å². The Kier molecular flexibility index (Phi) is 6.18. The second-order valence-corrected chi connectivity index (χ2v) is 6.50. The van der Waals surface area contributed by atoms with Crippen LogP contribution in [0.3, 0.4) is 0 Å². The molecule has 2 aromatic rings. The van der Waals surface area contributed by atoms with Crippen molar-refractivity contribution in [2.45, 2.75) is 30.7 Å². The summed E-state index contributed by atoms with van der Waals surface area (Å²) < 4.78 is 10.8. The van der Waals surface area contributed by atoms with Gasteiger partial charge in [-0.25, -0.2) is 0 Å². The first-order valence-electron chi connectivity index (χ1n) is 8.65. The second kappa shape index (κ2) is 8.59. The quantitative estimate of drug-likeness (QED) is 0.405. The van der Waals surface area contributed by atoms with Gasteiger partial charge in [-0.3, -0.25) is 0 Å². The molecule has 150 valence electrons. The number of ether oxygens (including phenoxy) is 2. The van der Waals surface area contributed by atoms with E-state index in [9.17, 15) is 30.6 Å². The number of phenolic OH excluding ortho intramolecular Hbond substituents is 2. The van der Waals surface area contributed by atoms with Crippen molar-refractivity contribution >= 4 is 12.2 Å².